The van der Waals surface area contributed by atoms with Gasteiger partial charge in [0.25, 0.3) is 0 Å². The number of hydrogen-bond acceptors (Lipinski definition) is 1. The normalized spacial score (nSPS) is 11.7. The Morgan fingerprint density at radius 2 is 1.56 bits per heavy atom. The largest absolute Gasteiger partial charge is 0.618 e. The summed E-state index contributed by atoms with van der Waals surface area (Å²) >= 11 is 0. The number of allylic oxidation sites excluding steroid dienone is 1. The summed E-state index contributed by atoms with van der Waals surface area (Å²) in [5, 5.41) is 14.3. The number of rotatable bonds is 2. The van der Waals surface area contributed by atoms with Gasteiger partial charge in [-0.05, 0) is 30.7 Å². The van der Waals surface area contributed by atoms with E-state index in [2.05, 4.69) is 6.58 Å². The first kappa shape index (κ1) is 17.0. The molecule has 0 aliphatic carbocycles. The summed E-state index contributed by atoms with van der Waals surface area (Å²) in [6.45, 7) is 7.31. The molecule has 25 heavy (non-hydrogen) atoms. The predicted molar refractivity (Wildman–Crippen MR) is 92.8 cm³/mol. The summed E-state index contributed by atoms with van der Waals surface area (Å²) in [7, 11) is 0. The molecule has 0 atom stereocenters. The van der Waals surface area contributed by atoms with Gasteiger partial charge in [-0.3, -0.25) is 0 Å². The Morgan fingerprint density at radius 1 is 1.00 bits per heavy atom. The first-order valence-electron chi connectivity index (χ1n) is 7.70. The number of nitrogens with zero attached hydrogens (tertiary/aromatic N) is 1. The zero-order valence-electron chi connectivity index (χ0n) is 13.8. The van der Waals surface area contributed by atoms with Crippen molar-refractivity contribution >= 4 is 16.3 Å². The highest BCUT2D eigenvalue weighted by Gasteiger charge is 2.30. The van der Waals surface area contributed by atoms with Crippen molar-refractivity contribution in [1.82, 2.24) is 0 Å². The molecule has 3 aromatic rings. The van der Waals surface area contributed by atoms with E-state index in [1.165, 1.54) is 12.1 Å². The Hall–Kier alpha value is -2.82. The molecule has 0 aliphatic heterocycles. The summed E-state index contributed by atoms with van der Waals surface area (Å²) < 4.78 is 39.3. The Balaban J connectivity index is 2.37. The number of aryl methyl sites for hydroxylation is 1. The number of benzene rings is 2. The van der Waals surface area contributed by atoms with Crippen LogP contribution in [0.15, 0.2) is 55.1 Å². The highest BCUT2D eigenvalue weighted by Crippen LogP contribution is 2.36. The van der Waals surface area contributed by atoms with Gasteiger partial charge in [0.15, 0.2) is 5.69 Å². The van der Waals surface area contributed by atoms with Gasteiger partial charge in [-0.1, -0.05) is 36.9 Å². The molecule has 2 aromatic carbocycles. The number of aromatic nitrogens is 1. The fourth-order valence-electron chi connectivity index (χ4n) is 3.03. The molecule has 0 radical (unpaired) electrons. The Labute approximate surface area is 143 Å². The van der Waals surface area contributed by atoms with Crippen LogP contribution in [0.5, 0.6) is 0 Å². The number of hydrogen-bond donors (Lipinski definition) is 0. The molecular weight excluding hydrogens is 327 g/mol. The number of alkyl halides is 3. The van der Waals surface area contributed by atoms with Crippen molar-refractivity contribution in [3.63, 3.8) is 0 Å². The van der Waals surface area contributed by atoms with E-state index in [9.17, 15) is 18.4 Å². The first-order valence-corrected chi connectivity index (χ1v) is 7.70. The summed E-state index contributed by atoms with van der Waals surface area (Å²) in [6, 6.07) is 12.2. The highest BCUT2D eigenvalue weighted by atomic mass is 19.4. The molecule has 0 N–H and O–H groups in total. The van der Waals surface area contributed by atoms with E-state index < -0.39 is 11.7 Å². The SMILES string of the molecule is C=C(C)c1c(-c2ccc(C(F)(F)F)cc2)c2ccccc2c(C)[n+]1[O-]. The van der Waals surface area contributed by atoms with Crippen LogP contribution in [-0.4, -0.2) is 0 Å². The fourth-order valence-corrected chi connectivity index (χ4v) is 3.03. The van der Waals surface area contributed by atoms with E-state index in [0.717, 1.165) is 27.6 Å². The van der Waals surface area contributed by atoms with E-state index in [1.54, 1.807) is 13.8 Å². The maximum atomic E-state index is 12.8. The lowest BCUT2D eigenvalue weighted by Crippen LogP contribution is -2.35. The zero-order valence-corrected chi connectivity index (χ0v) is 13.8. The molecule has 1 heterocycles. The van der Waals surface area contributed by atoms with Crippen molar-refractivity contribution < 1.29 is 17.9 Å². The molecule has 0 spiro atoms. The van der Waals surface area contributed by atoms with E-state index in [0.29, 0.717) is 28.1 Å². The average molecular weight is 343 g/mol. The standard InChI is InChI=1S/C20H16F3NO/c1-12(2)19-18(14-8-10-15(11-9-14)20(21,22)23)17-7-5-4-6-16(17)13(3)24(19)25/h4-11H,1H2,2-3H3. The van der Waals surface area contributed by atoms with Crippen LogP contribution < -0.4 is 4.73 Å². The molecule has 0 bridgehead atoms. The molecule has 5 heteroatoms. The highest BCUT2D eigenvalue weighted by molar-refractivity contribution is 6.00. The minimum Gasteiger partial charge on any atom is -0.618 e. The first-order chi connectivity index (χ1) is 11.7. The fraction of sp³-hybridized carbons (Fsp3) is 0.150. The van der Waals surface area contributed by atoms with Crippen LogP contribution in [-0.2, 0) is 6.18 Å². The third kappa shape index (κ3) is 2.86. The van der Waals surface area contributed by atoms with E-state index in [-0.39, 0.29) is 0 Å². The van der Waals surface area contributed by atoms with Gasteiger partial charge in [-0.2, -0.15) is 17.9 Å². The van der Waals surface area contributed by atoms with Crippen LogP contribution >= 0.6 is 0 Å². The van der Waals surface area contributed by atoms with Crippen LogP contribution in [0.3, 0.4) is 0 Å². The van der Waals surface area contributed by atoms with Gasteiger partial charge in [0.2, 0.25) is 5.69 Å². The van der Waals surface area contributed by atoms with Gasteiger partial charge < -0.3 is 5.21 Å². The lowest BCUT2D eigenvalue weighted by molar-refractivity contribution is -0.612. The smallest absolute Gasteiger partial charge is 0.416 e. The van der Waals surface area contributed by atoms with Gasteiger partial charge in [0, 0.05) is 17.9 Å². The number of fused-ring (bicyclic) bond motifs is 1. The van der Waals surface area contributed by atoms with Crippen LogP contribution in [0.25, 0.3) is 27.5 Å². The second-order valence-corrected chi connectivity index (χ2v) is 6.00. The summed E-state index contributed by atoms with van der Waals surface area (Å²) in [4.78, 5) is 0. The zero-order chi connectivity index (χ0) is 18.4. The molecule has 128 valence electrons. The minimum atomic E-state index is -4.40. The quantitative estimate of drug-likeness (QED) is 0.446. The molecule has 0 amide bonds. The maximum absolute atomic E-state index is 12.8. The van der Waals surface area contributed by atoms with Crippen molar-refractivity contribution in [3.8, 4) is 11.1 Å². The Kier molecular flexibility index (Phi) is 4.03. The molecule has 3 rings (SSSR count). The van der Waals surface area contributed by atoms with E-state index in [4.69, 9.17) is 0 Å². The molecule has 0 unspecified atom stereocenters. The molecule has 0 aliphatic rings. The topological polar surface area (TPSA) is 26.9 Å². The van der Waals surface area contributed by atoms with Crippen molar-refractivity contribution in [2.24, 2.45) is 0 Å². The van der Waals surface area contributed by atoms with Crippen molar-refractivity contribution in [3.05, 3.63) is 77.3 Å². The maximum Gasteiger partial charge on any atom is 0.416 e. The van der Waals surface area contributed by atoms with Crippen LogP contribution in [0, 0.1) is 12.1 Å². The van der Waals surface area contributed by atoms with Crippen LogP contribution in [0.4, 0.5) is 13.2 Å². The monoisotopic (exact) mass is 343 g/mol. The Bertz CT molecular complexity index is 973. The second-order valence-electron chi connectivity index (χ2n) is 6.00. The lowest BCUT2D eigenvalue weighted by Gasteiger charge is -2.16. The minimum absolute atomic E-state index is 0.371. The van der Waals surface area contributed by atoms with Gasteiger partial charge in [0.05, 0.1) is 16.5 Å². The lowest BCUT2D eigenvalue weighted by atomic mass is 9.93. The molecular formula is C20H16F3NO. The Morgan fingerprint density at radius 3 is 2.08 bits per heavy atom. The van der Waals surface area contributed by atoms with Crippen LogP contribution in [0.2, 0.25) is 0 Å². The molecule has 0 saturated carbocycles. The van der Waals surface area contributed by atoms with Gasteiger partial charge in [-0.15, -0.1) is 0 Å². The van der Waals surface area contributed by atoms with Crippen LogP contribution in [0.1, 0.15) is 23.9 Å². The predicted octanol–water partition coefficient (Wildman–Crippen LogP) is 5.50. The summed E-state index contributed by atoms with van der Waals surface area (Å²) in [5.41, 5.74) is 1.88. The van der Waals surface area contributed by atoms with E-state index >= 15 is 0 Å². The second kappa shape index (κ2) is 5.92. The third-order valence-corrected chi connectivity index (χ3v) is 4.24. The summed E-state index contributed by atoms with van der Waals surface area (Å²) in [6.07, 6.45) is -4.40. The number of halogens is 3. The summed E-state index contributed by atoms with van der Waals surface area (Å²) in [5.74, 6) is 0. The third-order valence-electron chi connectivity index (χ3n) is 4.24. The van der Waals surface area contributed by atoms with Crippen molar-refractivity contribution in [2.45, 2.75) is 20.0 Å². The van der Waals surface area contributed by atoms with E-state index in [1.807, 2.05) is 24.3 Å². The number of pyridine rings is 1. The van der Waals surface area contributed by atoms with Crippen molar-refractivity contribution in [1.29, 1.82) is 0 Å². The molecule has 0 saturated heterocycles. The van der Waals surface area contributed by atoms with Gasteiger partial charge >= 0.3 is 6.18 Å². The van der Waals surface area contributed by atoms with Crippen molar-refractivity contribution in [2.75, 3.05) is 0 Å². The molecule has 0 fully saturated rings. The molecule has 2 nitrogen and oxygen atoms in total. The molecule has 1 aromatic heterocycles. The van der Waals surface area contributed by atoms with Gasteiger partial charge in [0.1, 0.15) is 0 Å². The van der Waals surface area contributed by atoms with Gasteiger partial charge in [-0.25, -0.2) is 0 Å². The average Bonchev–Trinajstić information content (AvgIpc) is 2.57.